The zero-order valence-corrected chi connectivity index (χ0v) is 19.3. The van der Waals surface area contributed by atoms with E-state index in [2.05, 4.69) is 11.4 Å². The van der Waals surface area contributed by atoms with Gasteiger partial charge in [0.15, 0.2) is 5.43 Å². The minimum Gasteiger partial charge on any atom is -0.456 e. The molecule has 2 heterocycles. The highest BCUT2D eigenvalue weighted by molar-refractivity contribution is 7.16. The molecule has 0 saturated heterocycles. The highest BCUT2D eigenvalue weighted by Crippen LogP contribution is 2.37. The third-order valence-electron chi connectivity index (χ3n) is 6.10. The third kappa shape index (κ3) is 3.85. The van der Waals surface area contributed by atoms with Crippen LogP contribution in [0.3, 0.4) is 0 Å². The van der Waals surface area contributed by atoms with Crippen molar-refractivity contribution in [2.24, 2.45) is 0 Å². The first-order valence-electron chi connectivity index (χ1n) is 11.0. The Morgan fingerprint density at radius 1 is 1.09 bits per heavy atom. The van der Waals surface area contributed by atoms with Crippen LogP contribution >= 0.6 is 11.3 Å². The van der Waals surface area contributed by atoms with Crippen molar-refractivity contribution in [3.63, 3.8) is 0 Å². The van der Waals surface area contributed by atoms with Gasteiger partial charge in [-0.15, -0.1) is 11.3 Å². The quantitative estimate of drug-likeness (QED) is 0.403. The summed E-state index contributed by atoms with van der Waals surface area (Å²) in [5, 5.41) is 13.7. The molecule has 1 aliphatic carbocycles. The van der Waals surface area contributed by atoms with Crippen LogP contribution < -0.4 is 10.7 Å². The fourth-order valence-electron chi connectivity index (χ4n) is 4.48. The van der Waals surface area contributed by atoms with Crippen LogP contribution in [0, 0.1) is 25.2 Å². The molecule has 0 bridgehead atoms. The molecule has 0 aliphatic heterocycles. The van der Waals surface area contributed by atoms with Gasteiger partial charge in [0, 0.05) is 22.1 Å². The Balaban J connectivity index is 1.43. The molecule has 5 rings (SSSR count). The predicted molar refractivity (Wildman–Crippen MR) is 131 cm³/mol. The van der Waals surface area contributed by atoms with Crippen LogP contribution in [-0.4, -0.2) is 5.91 Å². The van der Waals surface area contributed by atoms with Gasteiger partial charge in [0.1, 0.15) is 22.4 Å². The smallest absolute Gasteiger partial charge is 0.256 e. The summed E-state index contributed by atoms with van der Waals surface area (Å²) in [6, 6.07) is 14.5. The third-order valence-corrected chi connectivity index (χ3v) is 7.31. The fourth-order valence-corrected chi connectivity index (χ4v) is 5.72. The average Bonchev–Trinajstić information content (AvgIpc) is 3.16. The maximum Gasteiger partial charge on any atom is 0.256 e. The zero-order valence-electron chi connectivity index (χ0n) is 18.5. The van der Waals surface area contributed by atoms with Crippen molar-refractivity contribution in [2.75, 3.05) is 5.32 Å². The number of nitrogens with zero attached hydrogens (tertiary/aromatic N) is 1. The first kappa shape index (κ1) is 21.2. The number of nitrogens with one attached hydrogen (secondary N) is 1. The Kier molecular flexibility index (Phi) is 5.35. The van der Waals surface area contributed by atoms with E-state index in [9.17, 15) is 14.9 Å². The Hall–Kier alpha value is -3.69. The van der Waals surface area contributed by atoms with Crippen molar-refractivity contribution >= 4 is 33.2 Å². The lowest BCUT2D eigenvalue weighted by Crippen LogP contribution is -2.11. The molecular weight excluding hydrogens is 432 g/mol. The van der Waals surface area contributed by atoms with Gasteiger partial charge < -0.3 is 9.73 Å². The van der Waals surface area contributed by atoms with Crippen LogP contribution in [0.25, 0.3) is 22.3 Å². The summed E-state index contributed by atoms with van der Waals surface area (Å²) in [6.45, 7) is 3.88. The number of amides is 1. The van der Waals surface area contributed by atoms with Crippen molar-refractivity contribution in [1.82, 2.24) is 0 Å². The van der Waals surface area contributed by atoms with Gasteiger partial charge in [0.25, 0.3) is 5.91 Å². The number of hydrogen-bond donors (Lipinski definition) is 1. The molecule has 0 fully saturated rings. The minimum absolute atomic E-state index is 0.0921. The van der Waals surface area contributed by atoms with E-state index >= 15 is 0 Å². The minimum atomic E-state index is -0.261. The Bertz CT molecular complexity index is 1500. The first-order valence-corrected chi connectivity index (χ1v) is 11.8. The van der Waals surface area contributed by atoms with Crippen molar-refractivity contribution in [3.05, 3.63) is 85.4 Å². The number of carbonyl (C=O) groups is 1. The molecule has 4 aromatic rings. The lowest BCUT2D eigenvalue weighted by Gasteiger charge is -2.09. The summed E-state index contributed by atoms with van der Waals surface area (Å²) < 4.78 is 6.05. The molecule has 0 atom stereocenters. The monoisotopic (exact) mass is 454 g/mol. The van der Waals surface area contributed by atoms with Crippen LogP contribution in [0.4, 0.5) is 5.00 Å². The van der Waals surface area contributed by atoms with Crippen LogP contribution in [0.5, 0.6) is 0 Å². The van der Waals surface area contributed by atoms with Gasteiger partial charge >= 0.3 is 0 Å². The van der Waals surface area contributed by atoms with Gasteiger partial charge in [-0.2, -0.15) is 5.26 Å². The molecule has 0 saturated carbocycles. The predicted octanol–water partition coefficient (Wildman–Crippen LogP) is 6.14. The molecule has 0 radical (unpaired) electrons. The maximum absolute atomic E-state index is 12.9. The highest BCUT2D eigenvalue weighted by atomic mass is 32.1. The van der Waals surface area contributed by atoms with Crippen LogP contribution in [0.1, 0.15) is 50.3 Å². The fraction of sp³-hybridized carbons (Fsp3) is 0.222. The summed E-state index contributed by atoms with van der Waals surface area (Å²) in [6.07, 6.45) is 4.07. The molecule has 0 unspecified atom stereocenters. The molecule has 5 nitrogen and oxygen atoms in total. The van der Waals surface area contributed by atoms with E-state index < -0.39 is 0 Å². The van der Waals surface area contributed by atoms with E-state index in [0.717, 1.165) is 47.9 Å². The summed E-state index contributed by atoms with van der Waals surface area (Å²) in [4.78, 5) is 26.7. The number of aryl methyl sites for hydroxylation is 3. The highest BCUT2D eigenvalue weighted by Gasteiger charge is 2.22. The number of hydrogen-bond acceptors (Lipinski definition) is 5. The number of rotatable bonds is 3. The van der Waals surface area contributed by atoms with Gasteiger partial charge in [-0.3, -0.25) is 9.59 Å². The van der Waals surface area contributed by atoms with E-state index in [1.165, 1.54) is 22.3 Å². The largest absolute Gasteiger partial charge is 0.456 e. The molecule has 0 spiro atoms. The summed E-state index contributed by atoms with van der Waals surface area (Å²) in [5.74, 6) is 0.201. The van der Waals surface area contributed by atoms with Crippen LogP contribution in [0.2, 0.25) is 0 Å². The number of thiophene rings is 1. The number of fused-ring (bicyclic) bond motifs is 2. The SMILES string of the molecule is Cc1cc(C)c2oc(-c3ccc(C(=O)Nc4sc5c(c4C#N)CCCC5)cc3)cc(=O)c2c1. The molecule has 1 N–H and O–H groups in total. The maximum atomic E-state index is 12.9. The van der Waals surface area contributed by atoms with Gasteiger partial charge in [-0.1, -0.05) is 18.2 Å². The van der Waals surface area contributed by atoms with E-state index in [-0.39, 0.29) is 11.3 Å². The molecule has 33 heavy (non-hydrogen) atoms. The van der Waals surface area contributed by atoms with Gasteiger partial charge in [0.2, 0.25) is 0 Å². The van der Waals surface area contributed by atoms with Crippen LogP contribution in [-0.2, 0) is 12.8 Å². The molecule has 1 amide bonds. The van der Waals surface area contributed by atoms with E-state index in [0.29, 0.717) is 32.9 Å². The Labute approximate surface area is 195 Å². The first-order chi connectivity index (χ1) is 15.9. The van der Waals surface area contributed by atoms with Gasteiger partial charge in [-0.25, -0.2) is 0 Å². The van der Waals surface area contributed by atoms with Crippen molar-refractivity contribution < 1.29 is 9.21 Å². The van der Waals surface area contributed by atoms with E-state index in [4.69, 9.17) is 4.42 Å². The summed E-state index contributed by atoms with van der Waals surface area (Å²) in [7, 11) is 0. The van der Waals surface area contributed by atoms with E-state index in [1.54, 1.807) is 24.3 Å². The second-order valence-electron chi connectivity index (χ2n) is 8.49. The topological polar surface area (TPSA) is 83.1 Å². The summed E-state index contributed by atoms with van der Waals surface area (Å²) in [5.41, 5.74) is 5.30. The number of carbonyl (C=O) groups excluding carboxylic acids is 1. The second kappa shape index (κ2) is 8.34. The molecule has 2 aromatic heterocycles. The number of anilines is 1. The lowest BCUT2D eigenvalue weighted by molar-refractivity contribution is 0.102. The number of benzene rings is 2. The molecule has 164 valence electrons. The average molecular weight is 455 g/mol. The standard InChI is InChI=1S/C27H22N2O3S/c1-15-11-16(2)25-20(12-15)22(30)13-23(32-25)17-7-9-18(10-8-17)26(31)29-27-21(14-28)19-5-3-4-6-24(19)33-27/h7-13H,3-6H2,1-2H3,(H,29,31). The summed E-state index contributed by atoms with van der Waals surface area (Å²) >= 11 is 1.51. The molecular formula is C27H22N2O3S. The normalized spacial score (nSPS) is 12.9. The van der Waals surface area contributed by atoms with Crippen molar-refractivity contribution in [3.8, 4) is 17.4 Å². The second-order valence-corrected chi connectivity index (χ2v) is 9.60. The lowest BCUT2D eigenvalue weighted by atomic mass is 9.96. The van der Waals surface area contributed by atoms with Gasteiger partial charge in [-0.05, 0) is 74.4 Å². The van der Waals surface area contributed by atoms with E-state index in [1.807, 2.05) is 26.0 Å². The molecule has 1 aliphatic rings. The van der Waals surface area contributed by atoms with Gasteiger partial charge in [0.05, 0.1) is 10.9 Å². The Morgan fingerprint density at radius 2 is 1.85 bits per heavy atom. The molecule has 6 heteroatoms. The zero-order chi connectivity index (χ0) is 23.1. The van der Waals surface area contributed by atoms with Crippen molar-refractivity contribution in [2.45, 2.75) is 39.5 Å². The number of nitriles is 1. The van der Waals surface area contributed by atoms with Crippen molar-refractivity contribution in [1.29, 1.82) is 5.26 Å². The Morgan fingerprint density at radius 3 is 2.61 bits per heavy atom. The molecule has 2 aromatic carbocycles. The van der Waals surface area contributed by atoms with Crippen LogP contribution in [0.15, 0.2) is 51.7 Å².